The predicted molar refractivity (Wildman–Crippen MR) is 64.6 cm³/mol. The van der Waals surface area contributed by atoms with Gasteiger partial charge >= 0.3 is 0 Å². The Balaban J connectivity index is 2.39. The highest BCUT2D eigenvalue weighted by molar-refractivity contribution is 4.82. The average molecular weight is 214 g/mol. The van der Waals surface area contributed by atoms with Crippen LogP contribution in [0, 0.1) is 0 Å². The monoisotopic (exact) mass is 214 g/mol. The van der Waals surface area contributed by atoms with E-state index in [2.05, 4.69) is 36.2 Å². The first-order valence-corrected chi connectivity index (χ1v) is 6.02. The van der Waals surface area contributed by atoms with Crippen LogP contribution in [0.3, 0.4) is 0 Å². The van der Waals surface area contributed by atoms with Crippen molar-refractivity contribution in [1.29, 1.82) is 0 Å². The van der Waals surface area contributed by atoms with Crippen LogP contribution >= 0.6 is 0 Å². The van der Waals surface area contributed by atoms with Crippen LogP contribution in [-0.4, -0.2) is 55.6 Å². The van der Waals surface area contributed by atoms with Gasteiger partial charge in [0.2, 0.25) is 0 Å². The van der Waals surface area contributed by atoms with Crippen LogP contribution in [0.25, 0.3) is 0 Å². The maximum absolute atomic E-state index is 5.57. The fraction of sp³-hybridized carbons (Fsp3) is 1.00. The molecule has 1 aliphatic heterocycles. The Labute approximate surface area is 93.8 Å². The number of nitrogens with one attached hydrogen (secondary N) is 1. The summed E-state index contributed by atoms with van der Waals surface area (Å²) >= 11 is 0. The van der Waals surface area contributed by atoms with E-state index in [1.54, 1.807) is 0 Å². The number of hydrogen-bond acceptors (Lipinski definition) is 4. The summed E-state index contributed by atoms with van der Waals surface area (Å²) in [7, 11) is 4.42. The molecule has 1 saturated heterocycles. The second-order valence-electron chi connectivity index (χ2n) is 4.78. The van der Waals surface area contributed by atoms with Crippen molar-refractivity contribution in [3.63, 3.8) is 0 Å². The molecule has 0 saturated carbocycles. The second-order valence-corrected chi connectivity index (χ2v) is 4.78. The van der Waals surface area contributed by atoms with Gasteiger partial charge in [-0.25, -0.2) is 0 Å². The van der Waals surface area contributed by atoms with Gasteiger partial charge in [-0.15, -0.1) is 0 Å². The summed E-state index contributed by atoms with van der Waals surface area (Å²) in [5.74, 6) is 5.57. The van der Waals surface area contributed by atoms with Gasteiger partial charge in [-0.05, 0) is 26.9 Å². The van der Waals surface area contributed by atoms with E-state index in [1.165, 1.54) is 32.5 Å². The van der Waals surface area contributed by atoms with Crippen LogP contribution in [0.4, 0.5) is 0 Å². The highest BCUT2D eigenvalue weighted by Crippen LogP contribution is 2.13. The molecule has 0 aromatic heterocycles. The lowest BCUT2D eigenvalue weighted by Crippen LogP contribution is -2.52. The van der Waals surface area contributed by atoms with Gasteiger partial charge in [0.05, 0.1) is 0 Å². The largest absolute Gasteiger partial charge is 0.304 e. The third-order valence-corrected chi connectivity index (χ3v) is 3.41. The first kappa shape index (κ1) is 12.9. The number of hydrogen-bond donors (Lipinski definition) is 2. The molecule has 1 fully saturated rings. The minimum absolute atomic E-state index is 0.467. The molecule has 4 nitrogen and oxygen atoms in total. The van der Waals surface area contributed by atoms with E-state index >= 15 is 0 Å². The molecule has 1 rings (SSSR count). The zero-order valence-electron chi connectivity index (χ0n) is 10.4. The fourth-order valence-corrected chi connectivity index (χ4v) is 2.30. The lowest BCUT2D eigenvalue weighted by Gasteiger charge is -2.39. The Morgan fingerprint density at radius 3 is 2.73 bits per heavy atom. The van der Waals surface area contributed by atoms with Crippen LogP contribution in [0.2, 0.25) is 0 Å². The number of nitrogens with two attached hydrogens (primary N) is 1. The summed E-state index contributed by atoms with van der Waals surface area (Å²) in [6, 6.07) is 1.12. The quantitative estimate of drug-likeness (QED) is 0.509. The zero-order valence-corrected chi connectivity index (χ0v) is 10.4. The SMILES string of the molecule is CCCC(CC1CN(C)CCN1C)NN. The standard InChI is InChI=1S/C11H26N4/c1-4-5-10(13-12)8-11-9-14(2)6-7-15(11)3/h10-11,13H,4-9,12H2,1-3H3. The molecular weight excluding hydrogens is 188 g/mol. The molecule has 0 aliphatic carbocycles. The van der Waals surface area contributed by atoms with Gasteiger partial charge in [0.25, 0.3) is 0 Å². The van der Waals surface area contributed by atoms with Crippen LogP contribution in [0.15, 0.2) is 0 Å². The molecule has 4 heteroatoms. The molecule has 0 amide bonds. The van der Waals surface area contributed by atoms with Crippen molar-refractivity contribution < 1.29 is 0 Å². The highest BCUT2D eigenvalue weighted by Gasteiger charge is 2.24. The number of rotatable bonds is 5. The van der Waals surface area contributed by atoms with E-state index in [-0.39, 0.29) is 0 Å². The first-order chi connectivity index (χ1) is 7.17. The summed E-state index contributed by atoms with van der Waals surface area (Å²) < 4.78 is 0. The topological polar surface area (TPSA) is 44.5 Å². The van der Waals surface area contributed by atoms with Gasteiger partial charge in [-0.1, -0.05) is 13.3 Å². The highest BCUT2D eigenvalue weighted by atomic mass is 15.3. The van der Waals surface area contributed by atoms with Gasteiger partial charge < -0.3 is 9.80 Å². The van der Waals surface area contributed by atoms with E-state index < -0.39 is 0 Å². The fourth-order valence-electron chi connectivity index (χ4n) is 2.30. The smallest absolute Gasteiger partial charge is 0.0235 e. The van der Waals surface area contributed by atoms with Gasteiger partial charge in [0.15, 0.2) is 0 Å². The average Bonchev–Trinajstić information content (AvgIpc) is 2.22. The Morgan fingerprint density at radius 1 is 1.40 bits per heavy atom. The Hall–Kier alpha value is -0.160. The van der Waals surface area contributed by atoms with Gasteiger partial charge in [0.1, 0.15) is 0 Å². The molecule has 90 valence electrons. The van der Waals surface area contributed by atoms with Crippen LogP contribution in [-0.2, 0) is 0 Å². The molecule has 3 N–H and O–H groups in total. The van der Waals surface area contributed by atoms with E-state index in [0.717, 1.165) is 6.42 Å². The molecule has 1 aliphatic rings. The number of nitrogens with zero attached hydrogens (tertiary/aromatic N) is 2. The maximum Gasteiger partial charge on any atom is 0.0235 e. The lowest BCUT2D eigenvalue weighted by molar-refractivity contribution is 0.100. The minimum Gasteiger partial charge on any atom is -0.304 e. The van der Waals surface area contributed by atoms with Crippen molar-refractivity contribution in [3.8, 4) is 0 Å². The Morgan fingerprint density at radius 2 is 2.13 bits per heavy atom. The summed E-state index contributed by atoms with van der Waals surface area (Å²) in [4.78, 5) is 4.87. The first-order valence-electron chi connectivity index (χ1n) is 6.02. The summed E-state index contributed by atoms with van der Waals surface area (Å²) in [6.45, 7) is 5.73. The molecule has 2 unspecified atom stereocenters. The summed E-state index contributed by atoms with van der Waals surface area (Å²) in [5.41, 5.74) is 2.94. The molecule has 0 spiro atoms. The van der Waals surface area contributed by atoms with Crippen molar-refractivity contribution in [2.45, 2.75) is 38.3 Å². The van der Waals surface area contributed by atoms with Crippen LogP contribution in [0.5, 0.6) is 0 Å². The Kier molecular flexibility index (Phi) is 5.53. The lowest BCUT2D eigenvalue weighted by atomic mass is 10.0. The van der Waals surface area contributed by atoms with E-state index in [0.29, 0.717) is 12.1 Å². The molecule has 0 aromatic carbocycles. The number of piperazine rings is 1. The minimum atomic E-state index is 0.467. The number of hydrazine groups is 1. The molecule has 15 heavy (non-hydrogen) atoms. The number of likely N-dealkylation sites (N-methyl/N-ethyl adjacent to an activating group) is 2. The van der Waals surface area contributed by atoms with Gasteiger partial charge in [-0.2, -0.15) is 0 Å². The molecule has 2 atom stereocenters. The van der Waals surface area contributed by atoms with Crippen molar-refractivity contribution in [2.24, 2.45) is 5.84 Å². The summed E-state index contributed by atoms with van der Waals surface area (Å²) in [6.07, 6.45) is 3.52. The van der Waals surface area contributed by atoms with Gasteiger partial charge in [0, 0.05) is 31.7 Å². The van der Waals surface area contributed by atoms with Crippen molar-refractivity contribution >= 4 is 0 Å². The van der Waals surface area contributed by atoms with Crippen molar-refractivity contribution in [2.75, 3.05) is 33.7 Å². The predicted octanol–water partition coefficient (Wildman–Crippen LogP) is 0.254. The van der Waals surface area contributed by atoms with Crippen molar-refractivity contribution in [1.82, 2.24) is 15.2 Å². The second kappa shape index (κ2) is 6.43. The molecule has 0 bridgehead atoms. The zero-order chi connectivity index (χ0) is 11.3. The molecular formula is C11H26N4. The van der Waals surface area contributed by atoms with Crippen molar-refractivity contribution in [3.05, 3.63) is 0 Å². The van der Waals surface area contributed by atoms with E-state index in [9.17, 15) is 0 Å². The van der Waals surface area contributed by atoms with Crippen LogP contribution in [0.1, 0.15) is 26.2 Å². The van der Waals surface area contributed by atoms with Gasteiger partial charge in [-0.3, -0.25) is 11.3 Å². The third-order valence-electron chi connectivity index (χ3n) is 3.41. The molecule has 1 heterocycles. The van der Waals surface area contributed by atoms with Crippen LogP contribution < -0.4 is 11.3 Å². The summed E-state index contributed by atoms with van der Waals surface area (Å²) in [5, 5.41) is 0. The normalized spacial score (nSPS) is 26.8. The van der Waals surface area contributed by atoms with E-state index in [1.807, 2.05) is 0 Å². The Bertz CT molecular complexity index is 174. The molecule has 0 radical (unpaired) electrons. The maximum atomic E-state index is 5.57. The third kappa shape index (κ3) is 4.07. The molecule has 0 aromatic rings. The van der Waals surface area contributed by atoms with E-state index in [4.69, 9.17) is 5.84 Å².